The van der Waals surface area contributed by atoms with E-state index in [1.54, 1.807) is 12.4 Å². The number of benzene rings is 2. The number of carbonyl (C=O) groups is 1. The van der Waals surface area contributed by atoms with Gasteiger partial charge in [0.05, 0.1) is 0 Å². The molecule has 0 fully saturated rings. The highest BCUT2D eigenvalue weighted by atomic mass is 16.1. The Kier molecular flexibility index (Phi) is 3.74. The summed E-state index contributed by atoms with van der Waals surface area (Å²) in [6, 6.07) is 19.3. The molecule has 0 amide bonds. The third-order valence-corrected chi connectivity index (χ3v) is 3.16. The lowest BCUT2D eigenvalue weighted by molar-refractivity contribution is 0.104. The summed E-state index contributed by atoms with van der Waals surface area (Å²) in [6.07, 6.45) is 4.82. The Hall–Kier alpha value is -2.94. The van der Waals surface area contributed by atoms with E-state index in [1.807, 2.05) is 60.7 Å². The lowest BCUT2D eigenvalue weighted by Gasteiger charge is -2.01. The first kappa shape index (κ1) is 13.1. The molecule has 1 aromatic heterocycles. The van der Waals surface area contributed by atoms with Crippen LogP contribution in [0.25, 0.3) is 10.8 Å². The Morgan fingerprint density at radius 1 is 0.952 bits per heavy atom. The largest absolute Gasteiger partial charge is 0.347 e. The minimum atomic E-state index is -0.0378. The molecule has 0 spiro atoms. The molecule has 0 bridgehead atoms. The molecule has 0 aliphatic rings. The van der Waals surface area contributed by atoms with E-state index < -0.39 is 0 Å². The van der Waals surface area contributed by atoms with Crippen molar-refractivity contribution in [2.75, 3.05) is 5.32 Å². The van der Waals surface area contributed by atoms with Crippen molar-refractivity contribution < 1.29 is 4.79 Å². The average Bonchev–Trinajstić information content (AvgIpc) is 2.55. The molecule has 3 heteroatoms. The van der Waals surface area contributed by atoms with Crippen molar-refractivity contribution in [2.45, 2.75) is 0 Å². The van der Waals surface area contributed by atoms with Crippen molar-refractivity contribution in [3.8, 4) is 0 Å². The van der Waals surface area contributed by atoms with Gasteiger partial charge in [-0.3, -0.25) is 4.79 Å². The molecule has 2 aromatic carbocycles. The monoisotopic (exact) mass is 274 g/mol. The van der Waals surface area contributed by atoms with E-state index in [1.165, 1.54) is 6.08 Å². The number of aromatic nitrogens is 1. The van der Waals surface area contributed by atoms with Crippen LogP contribution in [0.5, 0.6) is 0 Å². The second-order valence-corrected chi connectivity index (χ2v) is 4.62. The summed E-state index contributed by atoms with van der Waals surface area (Å²) < 4.78 is 0. The van der Waals surface area contributed by atoms with E-state index in [2.05, 4.69) is 10.3 Å². The van der Waals surface area contributed by atoms with Crippen molar-refractivity contribution in [3.63, 3.8) is 0 Å². The van der Waals surface area contributed by atoms with Gasteiger partial charge in [0.2, 0.25) is 0 Å². The van der Waals surface area contributed by atoms with Gasteiger partial charge >= 0.3 is 0 Å². The number of anilines is 1. The van der Waals surface area contributed by atoms with Crippen LogP contribution in [0.3, 0.4) is 0 Å². The van der Waals surface area contributed by atoms with Crippen LogP contribution in [0.1, 0.15) is 10.4 Å². The van der Waals surface area contributed by atoms with Crippen LogP contribution in [0, 0.1) is 0 Å². The molecule has 3 nitrogen and oxygen atoms in total. The number of nitrogens with zero attached hydrogens (tertiary/aromatic N) is 1. The van der Waals surface area contributed by atoms with Crippen molar-refractivity contribution >= 4 is 22.4 Å². The minimum Gasteiger partial charge on any atom is -0.347 e. The minimum absolute atomic E-state index is 0.0378. The third kappa shape index (κ3) is 3.15. The van der Waals surface area contributed by atoms with Gasteiger partial charge in [-0.2, -0.15) is 0 Å². The molecule has 1 heterocycles. The molecule has 0 unspecified atom stereocenters. The molecule has 21 heavy (non-hydrogen) atoms. The summed E-state index contributed by atoms with van der Waals surface area (Å²) in [5.74, 6) is 0.671. The predicted molar refractivity (Wildman–Crippen MR) is 85.3 cm³/mol. The van der Waals surface area contributed by atoms with Gasteiger partial charge in [-0.25, -0.2) is 4.98 Å². The zero-order chi connectivity index (χ0) is 14.5. The molecule has 0 atom stereocenters. The summed E-state index contributed by atoms with van der Waals surface area (Å²) in [4.78, 5) is 16.2. The number of nitrogens with one attached hydrogen (secondary N) is 1. The van der Waals surface area contributed by atoms with E-state index in [0.717, 1.165) is 10.8 Å². The van der Waals surface area contributed by atoms with Crippen molar-refractivity contribution in [3.05, 3.63) is 84.7 Å². The van der Waals surface area contributed by atoms with Gasteiger partial charge in [0.25, 0.3) is 0 Å². The van der Waals surface area contributed by atoms with E-state index in [9.17, 15) is 4.79 Å². The fourth-order valence-electron chi connectivity index (χ4n) is 2.09. The van der Waals surface area contributed by atoms with Gasteiger partial charge < -0.3 is 5.32 Å². The number of rotatable bonds is 4. The highest BCUT2D eigenvalue weighted by molar-refractivity contribution is 6.06. The fraction of sp³-hybridized carbons (Fsp3) is 0. The standard InChI is InChI=1S/C18H14N2O/c21-17(10-12-20-18-7-3-4-11-19-18)16-9-8-14-5-1-2-6-15(14)13-16/h1-13H,(H,19,20)/b12-10+. The fourth-order valence-corrected chi connectivity index (χ4v) is 2.09. The normalized spacial score (nSPS) is 10.9. The zero-order valence-corrected chi connectivity index (χ0v) is 11.4. The first-order valence-corrected chi connectivity index (χ1v) is 6.70. The second-order valence-electron chi connectivity index (χ2n) is 4.62. The Balaban J connectivity index is 1.74. The number of carbonyl (C=O) groups excluding carboxylic acids is 1. The highest BCUT2D eigenvalue weighted by Gasteiger charge is 2.02. The zero-order valence-electron chi connectivity index (χ0n) is 11.4. The van der Waals surface area contributed by atoms with Gasteiger partial charge in [0, 0.05) is 24.0 Å². The summed E-state index contributed by atoms with van der Waals surface area (Å²) in [6.45, 7) is 0. The molecule has 0 radical (unpaired) electrons. The number of fused-ring (bicyclic) bond motifs is 1. The maximum atomic E-state index is 12.1. The number of pyridine rings is 1. The third-order valence-electron chi connectivity index (χ3n) is 3.16. The SMILES string of the molecule is O=C(/C=C/Nc1ccccn1)c1ccc2ccccc2c1. The van der Waals surface area contributed by atoms with Gasteiger partial charge in [-0.1, -0.05) is 42.5 Å². The van der Waals surface area contributed by atoms with Gasteiger partial charge in [0.15, 0.2) is 5.78 Å². The molecule has 3 rings (SSSR count). The van der Waals surface area contributed by atoms with Crippen molar-refractivity contribution in [2.24, 2.45) is 0 Å². The van der Waals surface area contributed by atoms with Gasteiger partial charge in [0.1, 0.15) is 5.82 Å². The molecule has 0 aliphatic carbocycles. The van der Waals surface area contributed by atoms with E-state index in [0.29, 0.717) is 11.4 Å². The van der Waals surface area contributed by atoms with Gasteiger partial charge in [-0.05, 0) is 29.0 Å². The molecule has 102 valence electrons. The molecule has 0 saturated carbocycles. The average molecular weight is 274 g/mol. The maximum absolute atomic E-state index is 12.1. The van der Waals surface area contributed by atoms with Crippen LogP contribution in [0.15, 0.2) is 79.1 Å². The molecular formula is C18H14N2O. The molecule has 0 saturated heterocycles. The molecule has 3 aromatic rings. The van der Waals surface area contributed by atoms with Crippen molar-refractivity contribution in [1.82, 2.24) is 4.98 Å². The summed E-state index contributed by atoms with van der Waals surface area (Å²) >= 11 is 0. The number of hydrogen-bond donors (Lipinski definition) is 1. The summed E-state index contributed by atoms with van der Waals surface area (Å²) in [5.41, 5.74) is 0.674. The number of hydrogen-bond acceptors (Lipinski definition) is 3. The first-order valence-electron chi connectivity index (χ1n) is 6.70. The lowest BCUT2D eigenvalue weighted by atomic mass is 10.0. The predicted octanol–water partition coefficient (Wildman–Crippen LogP) is 4.04. The van der Waals surface area contributed by atoms with Crippen molar-refractivity contribution in [1.29, 1.82) is 0 Å². The Morgan fingerprint density at radius 3 is 2.57 bits per heavy atom. The van der Waals surface area contributed by atoms with Crippen LogP contribution in [-0.4, -0.2) is 10.8 Å². The van der Waals surface area contributed by atoms with Crippen LogP contribution in [0.2, 0.25) is 0 Å². The Morgan fingerprint density at radius 2 is 1.76 bits per heavy atom. The Labute approximate surface area is 123 Å². The highest BCUT2D eigenvalue weighted by Crippen LogP contribution is 2.16. The summed E-state index contributed by atoms with van der Waals surface area (Å²) in [5, 5.41) is 5.16. The quantitative estimate of drug-likeness (QED) is 0.576. The van der Waals surface area contributed by atoms with Crippen LogP contribution in [0.4, 0.5) is 5.82 Å². The maximum Gasteiger partial charge on any atom is 0.187 e. The first-order chi connectivity index (χ1) is 10.3. The van der Waals surface area contributed by atoms with Crippen LogP contribution in [-0.2, 0) is 0 Å². The van der Waals surface area contributed by atoms with E-state index in [4.69, 9.17) is 0 Å². The molecular weight excluding hydrogens is 260 g/mol. The van der Waals surface area contributed by atoms with Crippen LogP contribution < -0.4 is 5.32 Å². The topological polar surface area (TPSA) is 42.0 Å². The van der Waals surface area contributed by atoms with Gasteiger partial charge in [-0.15, -0.1) is 0 Å². The smallest absolute Gasteiger partial charge is 0.187 e. The number of ketones is 1. The lowest BCUT2D eigenvalue weighted by Crippen LogP contribution is -1.97. The summed E-state index contributed by atoms with van der Waals surface area (Å²) in [7, 11) is 0. The number of allylic oxidation sites excluding steroid dienone is 1. The molecule has 0 aliphatic heterocycles. The van der Waals surface area contributed by atoms with E-state index >= 15 is 0 Å². The van der Waals surface area contributed by atoms with Crippen LogP contribution >= 0.6 is 0 Å². The Bertz CT molecular complexity index is 794. The molecule has 1 N–H and O–H groups in total. The van der Waals surface area contributed by atoms with E-state index in [-0.39, 0.29) is 5.78 Å². The second kappa shape index (κ2) is 6.01.